The highest BCUT2D eigenvalue weighted by Gasteiger charge is 2.34. The van der Waals surface area contributed by atoms with Gasteiger partial charge in [0, 0.05) is 16.7 Å². The lowest BCUT2D eigenvalue weighted by molar-refractivity contribution is -0.137. The molecule has 0 amide bonds. The van der Waals surface area contributed by atoms with Gasteiger partial charge in [-0.05, 0) is 12.1 Å². The number of nitrogens with zero attached hydrogens (tertiary/aromatic N) is 1. The summed E-state index contributed by atoms with van der Waals surface area (Å²) in [4.78, 5) is 17.9. The van der Waals surface area contributed by atoms with E-state index in [9.17, 15) is 18.0 Å². The Balaban J connectivity index is 2.69. The van der Waals surface area contributed by atoms with E-state index >= 15 is 0 Å². The lowest BCUT2D eigenvalue weighted by Gasteiger charge is -2.19. The monoisotopic (exact) mass is 296 g/mol. The molecule has 3 nitrogen and oxygen atoms in total. The van der Waals surface area contributed by atoms with Crippen LogP contribution in [0, 0.1) is 0 Å². The average Bonchev–Trinajstić information content (AvgIpc) is 2.36. The molecule has 2 aromatic rings. The zero-order chi connectivity index (χ0) is 15.8. The summed E-state index contributed by atoms with van der Waals surface area (Å²) in [5, 5.41) is 0. The molecule has 21 heavy (non-hydrogen) atoms. The minimum atomic E-state index is -4.50. The molecule has 112 valence electrons. The smallest absolute Gasteiger partial charge is 0.309 e. The van der Waals surface area contributed by atoms with E-state index in [1.807, 2.05) is 20.8 Å². The van der Waals surface area contributed by atoms with Crippen molar-refractivity contribution in [3.05, 3.63) is 52.1 Å². The molecule has 1 aromatic carbocycles. The van der Waals surface area contributed by atoms with Crippen LogP contribution in [0.2, 0.25) is 0 Å². The van der Waals surface area contributed by atoms with Gasteiger partial charge in [-0.15, -0.1) is 0 Å². The fraction of sp³-hybridized carbons (Fsp3) is 0.333. The Morgan fingerprint density at radius 3 is 2.29 bits per heavy atom. The van der Waals surface area contributed by atoms with Crippen LogP contribution >= 0.6 is 0 Å². The zero-order valence-corrected chi connectivity index (χ0v) is 11.9. The molecule has 1 heterocycles. The van der Waals surface area contributed by atoms with E-state index < -0.39 is 22.8 Å². The summed E-state index contributed by atoms with van der Waals surface area (Å²) in [5.74, 6) is 0. The molecule has 2 rings (SSSR count). The van der Waals surface area contributed by atoms with Gasteiger partial charge in [0.1, 0.15) is 0 Å². The largest absolute Gasteiger partial charge is 0.417 e. The molecule has 0 bridgehead atoms. The summed E-state index contributed by atoms with van der Waals surface area (Å²) in [6.07, 6.45) is -4.50. The van der Waals surface area contributed by atoms with Crippen molar-refractivity contribution < 1.29 is 13.2 Å². The van der Waals surface area contributed by atoms with Crippen molar-refractivity contribution in [1.82, 2.24) is 9.97 Å². The van der Waals surface area contributed by atoms with E-state index in [0.717, 1.165) is 6.07 Å². The lowest BCUT2D eigenvalue weighted by Crippen LogP contribution is -2.22. The van der Waals surface area contributed by atoms with Crippen LogP contribution in [0.1, 0.15) is 32.0 Å². The van der Waals surface area contributed by atoms with Crippen molar-refractivity contribution in [3.8, 4) is 11.3 Å². The average molecular weight is 296 g/mol. The third-order valence-electron chi connectivity index (χ3n) is 3.06. The predicted molar refractivity (Wildman–Crippen MR) is 74.0 cm³/mol. The van der Waals surface area contributed by atoms with Crippen LogP contribution in [0.4, 0.5) is 13.2 Å². The Morgan fingerprint density at radius 2 is 1.71 bits per heavy atom. The van der Waals surface area contributed by atoms with E-state index in [2.05, 4.69) is 9.97 Å². The van der Waals surface area contributed by atoms with Gasteiger partial charge in [-0.3, -0.25) is 0 Å². The van der Waals surface area contributed by atoms with Gasteiger partial charge < -0.3 is 4.98 Å². The number of H-pyrrole nitrogens is 1. The van der Waals surface area contributed by atoms with Gasteiger partial charge in [0.25, 0.3) is 0 Å². The van der Waals surface area contributed by atoms with Crippen molar-refractivity contribution in [2.75, 3.05) is 0 Å². The summed E-state index contributed by atoms with van der Waals surface area (Å²) in [5.41, 5.74) is -1.39. The van der Waals surface area contributed by atoms with Gasteiger partial charge in [-0.1, -0.05) is 39.0 Å². The summed E-state index contributed by atoms with van der Waals surface area (Å²) in [6, 6.07) is 6.59. The highest BCUT2D eigenvalue weighted by molar-refractivity contribution is 5.64. The minimum absolute atomic E-state index is 0.0246. The third kappa shape index (κ3) is 3.32. The molecule has 0 saturated heterocycles. The first-order valence-electron chi connectivity index (χ1n) is 6.37. The summed E-state index contributed by atoms with van der Waals surface area (Å²) in [6.45, 7) is 5.58. The van der Waals surface area contributed by atoms with Gasteiger partial charge >= 0.3 is 11.9 Å². The van der Waals surface area contributed by atoms with E-state index in [1.54, 1.807) is 0 Å². The number of hydrogen-bond donors (Lipinski definition) is 1. The number of aromatic amines is 1. The Kier molecular flexibility index (Phi) is 3.65. The van der Waals surface area contributed by atoms with E-state index in [-0.39, 0.29) is 11.3 Å². The number of halogens is 3. The van der Waals surface area contributed by atoms with Crippen molar-refractivity contribution in [2.24, 2.45) is 0 Å². The molecule has 1 N–H and O–H groups in total. The first kappa shape index (κ1) is 15.3. The number of benzene rings is 1. The lowest BCUT2D eigenvalue weighted by atomic mass is 9.90. The van der Waals surface area contributed by atoms with Gasteiger partial charge in [-0.2, -0.15) is 18.2 Å². The van der Waals surface area contributed by atoms with Gasteiger partial charge in [0.05, 0.1) is 11.3 Å². The predicted octanol–water partition coefficient (Wildman–Crippen LogP) is 3.75. The van der Waals surface area contributed by atoms with Gasteiger partial charge in [0.15, 0.2) is 0 Å². The number of alkyl halides is 3. The number of aromatic nitrogens is 2. The third-order valence-corrected chi connectivity index (χ3v) is 3.06. The normalized spacial score (nSPS) is 12.5. The Hall–Kier alpha value is -2.11. The maximum atomic E-state index is 13.1. The Bertz CT molecular complexity index is 712. The van der Waals surface area contributed by atoms with Crippen molar-refractivity contribution >= 4 is 0 Å². The maximum Gasteiger partial charge on any atom is 0.417 e. The van der Waals surface area contributed by atoms with Crippen molar-refractivity contribution in [2.45, 2.75) is 32.4 Å². The first-order chi connectivity index (χ1) is 9.59. The molecule has 0 fully saturated rings. The van der Waals surface area contributed by atoms with Crippen LogP contribution in [0.25, 0.3) is 11.3 Å². The minimum Gasteiger partial charge on any atom is -0.309 e. The Morgan fingerprint density at radius 1 is 1.10 bits per heavy atom. The van der Waals surface area contributed by atoms with Gasteiger partial charge in [0.2, 0.25) is 0 Å². The second-order valence-electron chi connectivity index (χ2n) is 5.78. The number of nitrogens with one attached hydrogen (secondary N) is 1. The standard InChI is InChI=1S/C15H15F3N2O/c1-14(2,3)12-8-11(19-13(21)20-12)9-6-4-5-7-10(9)15(16,17)18/h4-8H,1-3H3,(H,19,20,21). The highest BCUT2D eigenvalue weighted by Crippen LogP contribution is 2.36. The molecular formula is C15H15F3N2O. The Labute approximate surface area is 119 Å². The van der Waals surface area contributed by atoms with E-state index in [1.165, 1.54) is 24.3 Å². The molecule has 0 aliphatic carbocycles. The second-order valence-corrected chi connectivity index (χ2v) is 5.78. The van der Waals surface area contributed by atoms with Crippen LogP contribution in [0.3, 0.4) is 0 Å². The van der Waals surface area contributed by atoms with Crippen molar-refractivity contribution in [1.29, 1.82) is 0 Å². The zero-order valence-electron chi connectivity index (χ0n) is 11.9. The molecule has 0 saturated carbocycles. The van der Waals surface area contributed by atoms with Crippen LogP contribution < -0.4 is 5.69 Å². The van der Waals surface area contributed by atoms with Crippen LogP contribution in [0.15, 0.2) is 35.1 Å². The fourth-order valence-electron chi connectivity index (χ4n) is 1.95. The number of rotatable bonds is 1. The molecular weight excluding hydrogens is 281 g/mol. The first-order valence-corrected chi connectivity index (χ1v) is 6.37. The summed E-state index contributed by atoms with van der Waals surface area (Å²) < 4.78 is 39.2. The molecule has 0 spiro atoms. The van der Waals surface area contributed by atoms with Crippen molar-refractivity contribution in [3.63, 3.8) is 0 Å². The molecule has 0 atom stereocenters. The van der Waals surface area contributed by atoms with Crippen LogP contribution in [0.5, 0.6) is 0 Å². The molecule has 6 heteroatoms. The molecule has 0 aliphatic rings. The SMILES string of the molecule is CC(C)(C)c1cc(-c2ccccc2C(F)(F)F)nc(=O)[nH]1. The summed E-state index contributed by atoms with van der Waals surface area (Å²) in [7, 11) is 0. The molecule has 0 aliphatic heterocycles. The van der Waals surface area contributed by atoms with Crippen LogP contribution in [-0.2, 0) is 11.6 Å². The quantitative estimate of drug-likeness (QED) is 0.871. The van der Waals surface area contributed by atoms with E-state index in [4.69, 9.17) is 0 Å². The topological polar surface area (TPSA) is 45.8 Å². The number of hydrogen-bond acceptors (Lipinski definition) is 2. The molecule has 0 radical (unpaired) electrons. The van der Waals surface area contributed by atoms with E-state index in [0.29, 0.717) is 5.69 Å². The summed E-state index contributed by atoms with van der Waals surface area (Å²) >= 11 is 0. The molecule has 0 unspecified atom stereocenters. The van der Waals surface area contributed by atoms with Crippen LogP contribution in [-0.4, -0.2) is 9.97 Å². The second kappa shape index (κ2) is 5.02. The maximum absolute atomic E-state index is 13.1. The highest BCUT2D eigenvalue weighted by atomic mass is 19.4. The van der Waals surface area contributed by atoms with Gasteiger partial charge in [-0.25, -0.2) is 4.79 Å². The molecule has 1 aromatic heterocycles. The fourth-order valence-corrected chi connectivity index (χ4v) is 1.95.